The molecule has 206 valence electrons. The first-order valence-electron chi connectivity index (χ1n) is 13.4. The van der Waals surface area contributed by atoms with Crippen LogP contribution in [0.5, 0.6) is 0 Å². The van der Waals surface area contributed by atoms with Gasteiger partial charge in [0.05, 0.1) is 17.2 Å². The fraction of sp³-hybridized carbons (Fsp3) is 0.500. The Balaban J connectivity index is 1.80. The van der Waals surface area contributed by atoms with Gasteiger partial charge in [0, 0.05) is 13.5 Å². The van der Waals surface area contributed by atoms with Gasteiger partial charge in [0.25, 0.3) is 0 Å². The van der Waals surface area contributed by atoms with E-state index in [9.17, 15) is 14.4 Å². The summed E-state index contributed by atoms with van der Waals surface area (Å²) in [5, 5.41) is 0. The van der Waals surface area contributed by atoms with E-state index in [0.717, 1.165) is 19.3 Å². The van der Waals surface area contributed by atoms with Crippen molar-refractivity contribution in [2.45, 2.75) is 90.0 Å². The molecule has 1 fully saturated rings. The number of esters is 3. The number of rotatable bonds is 13. The lowest BCUT2D eigenvalue weighted by molar-refractivity contribution is -0.295. The minimum atomic E-state index is -1.16. The smallest absolute Gasteiger partial charge is 0.338 e. The lowest BCUT2D eigenvalue weighted by Gasteiger charge is -2.43. The van der Waals surface area contributed by atoms with Crippen LogP contribution in [0.2, 0.25) is 0 Å². The van der Waals surface area contributed by atoms with E-state index in [1.807, 2.05) is 0 Å². The van der Waals surface area contributed by atoms with Crippen LogP contribution in [-0.4, -0.2) is 55.2 Å². The van der Waals surface area contributed by atoms with Crippen LogP contribution < -0.4 is 0 Å². The fourth-order valence-corrected chi connectivity index (χ4v) is 4.33. The summed E-state index contributed by atoms with van der Waals surface area (Å²) in [5.41, 5.74) is 0.643. The lowest BCUT2D eigenvalue weighted by Crippen LogP contribution is -2.61. The van der Waals surface area contributed by atoms with Gasteiger partial charge in [0.15, 0.2) is 24.6 Å². The van der Waals surface area contributed by atoms with Crippen molar-refractivity contribution >= 4 is 17.9 Å². The maximum absolute atomic E-state index is 13.1. The molecule has 1 aliphatic heterocycles. The average molecular weight is 527 g/mol. The zero-order valence-electron chi connectivity index (χ0n) is 22.4. The summed E-state index contributed by atoms with van der Waals surface area (Å²) in [6, 6.07) is 16.9. The van der Waals surface area contributed by atoms with Crippen LogP contribution >= 0.6 is 0 Å². The molecule has 0 spiro atoms. The first-order chi connectivity index (χ1) is 18.4. The van der Waals surface area contributed by atoms with E-state index in [0.29, 0.717) is 17.7 Å². The summed E-state index contributed by atoms with van der Waals surface area (Å²) in [7, 11) is 0. The highest BCUT2D eigenvalue weighted by atomic mass is 16.7. The molecule has 0 radical (unpaired) electrons. The minimum absolute atomic E-state index is 0.311. The number of hydrogen-bond acceptors (Lipinski definition) is 8. The van der Waals surface area contributed by atoms with Crippen LogP contribution in [0.3, 0.4) is 0 Å². The van der Waals surface area contributed by atoms with E-state index in [1.165, 1.54) is 26.2 Å². The highest BCUT2D eigenvalue weighted by molar-refractivity contribution is 5.90. The van der Waals surface area contributed by atoms with Crippen LogP contribution in [0, 0.1) is 0 Å². The second-order valence-electron chi connectivity index (χ2n) is 9.39. The molecule has 0 amide bonds. The van der Waals surface area contributed by atoms with Gasteiger partial charge in [-0.3, -0.25) is 4.79 Å². The molecule has 8 nitrogen and oxygen atoms in total. The molecule has 0 unspecified atom stereocenters. The molecule has 5 atom stereocenters. The SMILES string of the molecule is CCCCCCCCO[C@@H]1O[C@@H](C)[C@H](OC(=O)c2ccccc2)[C@@H](OC(=O)c2ccccc2)[C@H]1OC(C)=O. The number of carbonyl (C=O) groups excluding carboxylic acids is 3. The Hall–Kier alpha value is -3.23. The first kappa shape index (κ1) is 29.3. The standard InChI is InChI=1S/C30H38O8/c1-4-5-6-7-8-15-20-34-30-27(36-22(3)31)26(38-29(33)24-18-13-10-14-19-24)25(21(2)35-30)37-28(32)23-16-11-9-12-17-23/h9-14,16-19,21,25-27,30H,4-8,15,20H2,1-3H3/t21-,25-,26+,27+,30+/m0/s1. The fourth-order valence-electron chi connectivity index (χ4n) is 4.33. The van der Waals surface area contributed by atoms with Crippen molar-refractivity contribution in [1.82, 2.24) is 0 Å². The molecule has 1 saturated heterocycles. The van der Waals surface area contributed by atoms with Crippen LogP contribution in [0.25, 0.3) is 0 Å². The normalized spacial score (nSPS) is 22.9. The summed E-state index contributed by atoms with van der Waals surface area (Å²) in [4.78, 5) is 38.1. The van der Waals surface area contributed by atoms with Crippen LogP contribution in [0.1, 0.15) is 80.0 Å². The molecular weight excluding hydrogens is 488 g/mol. The molecule has 0 aromatic heterocycles. The minimum Gasteiger partial charge on any atom is -0.453 e. The Morgan fingerprint density at radius 1 is 0.711 bits per heavy atom. The van der Waals surface area contributed by atoms with Crippen molar-refractivity contribution in [3.05, 3.63) is 71.8 Å². The summed E-state index contributed by atoms with van der Waals surface area (Å²) >= 11 is 0. The Morgan fingerprint density at radius 2 is 1.24 bits per heavy atom. The third-order valence-electron chi connectivity index (χ3n) is 6.31. The van der Waals surface area contributed by atoms with Gasteiger partial charge in [-0.05, 0) is 37.6 Å². The third-order valence-corrected chi connectivity index (χ3v) is 6.31. The Morgan fingerprint density at radius 3 is 1.79 bits per heavy atom. The summed E-state index contributed by atoms with van der Waals surface area (Å²) < 4.78 is 29.3. The van der Waals surface area contributed by atoms with Crippen molar-refractivity contribution in [3.8, 4) is 0 Å². The number of benzene rings is 2. The van der Waals surface area contributed by atoms with E-state index in [2.05, 4.69) is 6.92 Å². The van der Waals surface area contributed by atoms with Gasteiger partial charge in [-0.25, -0.2) is 9.59 Å². The predicted molar refractivity (Wildman–Crippen MR) is 141 cm³/mol. The molecule has 0 aliphatic carbocycles. The van der Waals surface area contributed by atoms with Gasteiger partial charge >= 0.3 is 17.9 Å². The summed E-state index contributed by atoms with van der Waals surface area (Å²) in [5.74, 6) is -1.85. The molecule has 0 bridgehead atoms. The molecule has 8 heteroatoms. The van der Waals surface area contributed by atoms with Crippen molar-refractivity contribution in [2.75, 3.05) is 6.61 Å². The Kier molecular flexibility index (Phi) is 11.8. The van der Waals surface area contributed by atoms with E-state index >= 15 is 0 Å². The zero-order valence-corrected chi connectivity index (χ0v) is 22.4. The molecule has 0 saturated carbocycles. The highest BCUT2D eigenvalue weighted by Crippen LogP contribution is 2.30. The summed E-state index contributed by atoms with van der Waals surface area (Å²) in [6.07, 6.45) is 1.44. The van der Waals surface area contributed by atoms with Gasteiger partial charge in [0.2, 0.25) is 0 Å². The second kappa shape index (κ2) is 15.2. The van der Waals surface area contributed by atoms with Crippen molar-refractivity contribution in [1.29, 1.82) is 0 Å². The van der Waals surface area contributed by atoms with Gasteiger partial charge < -0.3 is 23.7 Å². The molecule has 0 N–H and O–H groups in total. The molecule has 2 aromatic rings. The quantitative estimate of drug-likeness (QED) is 0.192. The van der Waals surface area contributed by atoms with Gasteiger partial charge in [-0.2, -0.15) is 0 Å². The molecule has 38 heavy (non-hydrogen) atoms. The highest BCUT2D eigenvalue weighted by Gasteiger charge is 2.51. The van der Waals surface area contributed by atoms with Crippen LogP contribution in [0.4, 0.5) is 0 Å². The maximum atomic E-state index is 13.1. The molecule has 1 heterocycles. The topological polar surface area (TPSA) is 97.4 Å². The zero-order chi connectivity index (χ0) is 27.3. The van der Waals surface area contributed by atoms with Crippen molar-refractivity contribution in [3.63, 3.8) is 0 Å². The first-order valence-corrected chi connectivity index (χ1v) is 13.4. The Labute approximate surface area is 224 Å². The van der Waals surface area contributed by atoms with E-state index in [-0.39, 0.29) is 0 Å². The maximum Gasteiger partial charge on any atom is 0.338 e. The van der Waals surface area contributed by atoms with Gasteiger partial charge in [-0.15, -0.1) is 0 Å². The number of hydrogen-bond donors (Lipinski definition) is 0. The molecule has 1 aliphatic rings. The van der Waals surface area contributed by atoms with Crippen LogP contribution in [-0.2, 0) is 28.5 Å². The Bertz CT molecular complexity index is 1010. The predicted octanol–water partition coefficient (Wildman–Crippen LogP) is 5.49. The van der Waals surface area contributed by atoms with E-state index in [1.54, 1.807) is 67.6 Å². The van der Waals surface area contributed by atoms with E-state index < -0.39 is 48.6 Å². The van der Waals surface area contributed by atoms with E-state index in [4.69, 9.17) is 23.7 Å². The number of carbonyl (C=O) groups is 3. The van der Waals surface area contributed by atoms with Crippen molar-refractivity contribution < 1.29 is 38.1 Å². The van der Waals surface area contributed by atoms with Crippen LogP contribution in [0.15, 0.2) is 60.7 Å². The largest absolute Gasteiger partial charge is 0.453 e. The lowest BCUT2D eigenvalue weighted by atomic mass is 9.98. The second-order valence-corrected chi connectivity index (χ2v) is 9.39. The average Bonchev–Trinajstić information content (AvgIpc) is 2.92. The molecular formula is C30H38O8. The monoisotopic (exact) mass is 526 g/mol. The molecule has 3 rings (SSSR count). The van der Waals surface area contributed by atoms with Gasteiger partial charge in [0.1, 0.15) is 0 Å². The third kappa shape index (κ3) is 8.67. The van der Waals surface area contributed by atoms with Gasteiger partial charge in [-0.1, -0.05) is 75.4 Å². The van der Waals surface area contributed by atoms with Crippen molar-refractivity contribution in [2.24, 2.45) is 0 Å². The summed E-state index contributed by atoms with van der Waals surface area (Å²) in [6.45, 7) is 5.52. The number of unbranched alkanes of at least 4 members (excludes halogenated alkanes) is 5. The molecule has 2 aromatic carbocycles. The number of ether oxygens (including phenoxy) is 5.